The molecule has 5 aromatic rings. The van der Waals surface area contributed by atoms with Crippen molar-refractivity contribution in [2.45, 2.75) is 6.92 Å². The Kier molecular flexibility index (Phi) is 2.09. The van der Waals surface area contributed by atoms with Crippen LogP contribution in [0.25, 0.3) is 48.8 Å². The summed E-state index contributed by atoms with van der Waals surface area (Å²) in [6.07, 6.45) is 0. The standard InChI is InChI=1S/C21H14N/c1-12-8-9-17-15-6-2-4-13-5-3-7-16(20(13)15)19-11-14(22)10-18(12)21(17)19/h2-11,22H,1H3/q-1. The number of nitrogens with one attached hydrogen (secondary N) is 1. The van der Waals surface area contributed by atoms with Crippen molar-refractivity contribution in [1.29, 1.82) is 0 Å². The Morgan fingerprint density at radius 3 is 2.05 bits per heavy atom. The molecule has 1 N–H and O–H groups in total. The quantitative estimate of drug-likeness (QED) is 0.222. The Hall–Kier alpha value is -2.80. The van der Waals surface area contributed by atoms with Crippen LogP contribution < -0.4 is 0 Å². The average Bonchev–Trinajstić information content (AvgIpc) is 2.54. The van der Waals surface area contributed by atoms with Crippen molar-refractivity contribution in [3.05, 3.63) is 72.0 Å². The van der Waals surface area contributed by atoms with E-state index in [2.05, 4.69) is 55.5 Å². The maximum absolute atomic E-state index is 8.19. The topological polar surface area (TPSA) is 23.8 Å². The van der Waals surface area contributed by atoms with Gasteiger partial charge in [0.05, 0.1) is 0 Å². The molecule has 0 aliphatic carbocycles. The van der Waals surface area contributed by atoms with E-state index in [1.54, 1.807) is 0 Å². The molecule has 0 bridgehead atoms. The lowest BCUT2D eigenvalue weighted by atomic mass is 9.88. The van der Waals surface area contributed by atoms with Crippen LogP contribution in [0.3, 0.4) is 0 Å². The van der Waals surface area contributed by atoms with E-state index < -0.39 is 0 Å². The van der Waals surface area contributed by atoms with Crippen molar-refractivity contribution < 1.29 is 0 Å². The van der Waals surface area contributed by atoms with Gasteiger partial charge in [0.2, 0.25) is 0 Å². The summed E-state index contributed by atoms with van der Waals surface area (Å²) in [4.78, 5) is 0. The molecular formula is C21H14N-. The molecule has 1 nitrogen and oxygen atoms in total. The molecule has 0 radical (unpaired) electrons. The first-order valence-corrected chi connectivity index (χ1v) is 7.55. The van der Waals surface area contributed by atoms with Crippen molar-refractivity contribution in [3.63, 3.8) is 0 Å². The number of aryl methyl sites for hydroxylation is 1. The zero-order valence-corrected chi connectivity index (χ0v) is 12.3. The Morgan fingerprint density at radius 1 is 0.636 bits per heavy atom. The minimum Gasteiger partial charge on any atom is -0.699 e. The van der Waals surface area contributed by atoms with Crippen LogP contribution in [0.4, 0.5) is 5.69 Å². The van der Waals surface area contributed by atoms with E-state index in [0.717, 1.165) is 0 Å². The summed E-state index contributed by atoms with van der Waals surface area (Å²) in [5, 5.41) is 10.1. The van der Waals surface area contributed by atoms with Gasteiger partial charge in [-0.1, -0.05) is 60.7 Å². The van der Waals surface area contributed by atoms with E-state index in [9.17, 15) is 0 Å². The van der Waals surface area contributed by atoms with Crippen LogP contribution in [-0.4, -0.2) is 0 Å². The molecule has 22 heavy (non-hydrogen) atoms. The molecule has 5 rings (SSSR count). The summed E-state index contributed by atoms with van der Waals surface area (Å²) in [6.45, 7) is 2.13. The van der Waals surface area contributed by atoms with Crippen LogP contribution >= 0.6 is 0 Å². The van der Waals surface area contributed by atoms with E-state index in [1.165, 1.54) is 48.7 Å². The van der Waals surface area contributed by atoms with Gasteiger partial charge in [0, 0.05) is 0 Å². The molecule has 0 spiro atoms. The first-order valence-electron chi connectivity index (χ1n) is 7.55. The van der Waals surface area contributed by atoms with Gasteiger partial charge in [-0.2, -0.15) is 0 Å². The summed E-state index contributed by atoms with van der Waals surface area (Å²) in [6, 6.07) is 21.4. The zero-order chi connectivity index (χ0) is 14.8. The molecular weight excluding hydrogens is 266 g/mol. The Bertz CT molecular complexity index is 1180. The zero-order valence-electron chi connectivity index (χ0n) is 12.3. The highest BCUT2D eigenvalue weighted by Crippen LogP contribution is 2.42. The summed E-state index contributed by atoms with van der Waals surface area (Å²) in [5.41, 5.74) is 10.0. The molecule has 0 aliphatic rings. The van der Waals surface area contributed by atoms with Crippen molar-refractivity contribution in [1.82, 2.24) is 0 Å². The predicted octanol–water partition coefficient (Wildman–Crippen LogP) is 6.73. The van der Waals surface area contributed by atoms with Crippen LogP contribution in [0.15, 0.2) is 60.7 Å². The van der Waals surface area contributed by atoms with Crippen molar-refractivity contribution >= 4 is 48.8 Å². The average molecular weight is 280 g/mol. The molecule has 0 fully saturated rings. The minimum atomic E-state index is 0.583. The summed E-state index contributed by atoms with van der Waals surface area (Å²) in [5.74, 6) is 0. The highest BCUT2D eigenvalue weighted by atomic mass is 14.5. The smallest absolute Gasteiger partial charge is 0.00246 e. The van der Waals surface area contributed by atoms with Gasteiger partial charge >= 0.3 is 0 Å². The number of rotatable bonds is 0. The number of hydrogen-bond acceptors (Lipinski definition) is 0. The summed E-state index contributed by atoms with van der Waals surface area (Å²) < 4.78 is 0. The van der Waals surface area contributed by atoms with Gasteiger partial charge in [-0.15, -0.1) is 5.69 Å². The fraction of sp³-hybridized carbons (Fsp3) is 0.0476. The van der Waals surface area contributed by atoms with E-state index >= 15 is 0 Å². The second-order valence-corrected chi connectivity index (χ2v) is 6.09. The maximum atomic E-state index is 8.19. The van der Waals surface area contributed by atoms with Gasteiger partial charge in [0.1, 0.15) is 0 Å². The molecule has 0 aromatic heterocycles. The van der Waals surface area contributed by atoms with Gasteiger partial charge in [0.25, 0.3) is 0 Å². The monoisotopic (exact) mass is 280 g/mol. The van der Waals surface area contributed by atoms with Crippen molar-refractivity contribution in [3.8, 4) is 0 Å². The number of benzene rings is 5. The van der Waals surface area contributed by atoms with E-state index in [1.807, 2.05) is 12.1 Å². The lowest BCUT2D eigenvalue weighted by molar-refractivity contribution is 1.55. The predicted molar refractivity (Wildman–Crippen MR) is 96.4 cm³/mol. The fourth-order valence-electron chi connectivity index (χ4n) is 3.85. The molecule has 0 unspecified atom stereocenters. The van der Waals surface area contributed by atoms with Crippen LogP contribution in [0.2, 0.25) is 0 Å². The van der Waals surface area contributed by atoms with Crippen LogP contribution in [0, 0.1) is 6.92 Å². The SMILES string of the molecule is Cc1ccc2c3cccc4cccc(c5cc([NH-])cc1c25)c43. The van der Waals surface area contributed by atoms with Gasteiger partial charge in [-0.05, 0) is 55.6 Å². The molecule has 5 aromatic carbocycles. The largest absolute Gasteiger partial charge is 0.699 e. The van der Waals surface area contributed by atoms with Crippen LogP contribution in [0.1, 0.15) is 5.56 Å². The van der Waals surface area contributed by atoms with E-state index in [-0.39, 0.29) is 0 Å². The van der Waals surface area contributed by atoms with Gasteiger partial charge in [-0.3, -0.25) is 0 Å². The lowest BCUT2D eigenvalue weighted by Gasteiger charge is -2.17. The second kappa shape index (κ2) is 3.89. The second-order valence-electron chi connectivity index (χ2n) is 6.09. The minimum absolute atomic E-state index is 0.583. The lowest BCUT2D eigenvalue weighted by Crippen LogP contribution is -1.88. The molecule has 0 aliphatic heterocycles. The molecule has 0 saturated heterocycles. The molecule has 104 valence electrons. The molecule has 0 atom stereocenters. The van der Waals surface area contributed by atoms with Crippen LogP contribution in [0.5, 0.6) is 0 Å². The van der Waals surface area contributed by atoms with Crippen molar-refractivity contribution in [2.24, 2.45) is 0 Å². The fourth-order valence-corrected chi connectivity index (χ4v) is 3.85. The van der Waals surface area contributed by atoms with Crippen LogP contribution in [-0.2, 0) is 0 Å². The molecule has 0 heterocycles. The molecule has 0 amide bonds. The third-order valence-corrected chi connectivity index (χ3v) is 4.82. The van der Waals surface area contributed by atoms with E-state index in [4.69, 9.17) is 5.73 Å². The summed E-state index contributed by atoms with van der Waals surface area (Å²) >= 11 is 0. The summed E-state index contributed by atoms with van der Waals surface area (Å²) in [7, 11) is 0. The Morgan fingerprint density at radius 2 is 1.27 bits per heavy atom. The Labute approximate surface area is 128 Å². The first-order chi connectivity index (χ1) is 10.7. The molecule has 0 saturated carbocycles. The Balaban J connectivity index is 2.28. The number of fused-ring (bicyclic) bond motifs is 2. The van der Waals surface area contributed by atoms with Crippen molar-refractivity contribution in [2.75, 3.05) is 0 Å². The third kappa shape index (κ3) is 1.33. The molecule has 1 heteroatoms. The highest BCUT2D eigenvalue weighted by Gasteiger charge is 2.12. The van der Waals surface area contributed by atoms with Gasteiger partial charge < -0.3 is 5.73 Å². The normalized spacial score (nSPS) is 12.0. The maximum Gasteiger partial charge on any atom is -0.00246 e. The number of hydrogen-bond donors (Lipinski definition) is 0. The highest BCUT2D eigenvalue weighted by molar-refractivity contribution is 6.33. The first kappa shape index (κ1) is 11.8. The van der Waals surface area contributed by atoms with Gasteiger partial charge in [-0.25, -0.2) is 0 Å². The third-order valence-electron chi connectivity index (χ3n) is 4.82. The van der Waals surface area contributed by atoms with Gasteiger partial charge in [0.15, 0.2) is 0 Å². The van der Waals surface area contributed by atoms with E-state index in [0.29, 0.717) is 5.69 Å².